The highest BCUT2D eigenvalue weighted by molar-refractivity contribution is 5.62. The highest BCUT2D eigenvalue weighted by Gasteiger charge is 2.08. The van der Waals surface area contributed by atoms with E-state index >= 15 is 0 Å². The lowest BCUT2D eigenvalue weighted by atomic mass is 10.5. The lowest BCUT2D eigenvalue weighted by Gasteiger charge is -2.18. The van der Waals surface area contributed by atoms with Gasteiger partial charge in [-0.25, -0.2) is 4.98 Å². The molecule has 0 aliphatic heterocycles. The summed E-state index contributed by atoms with van der Waals surface area (Å²) >= 11 is 0. The summed E-state index contributed by atoms with van der Waals surface area (Å²) in [5, 5.41) is 11.2. The normalized spacial score (nSPS) is 11.0. The fourth-order valence-electron chi connectivity index (χ4n) is 1.67. The Morgan fingerprint density at radius 2 is 2.33 bits per heavy atom. The lowest BCUT2D eigenvalue weighted by Crippen LogP contribution is -2.31. The number of likely N-dealkylation sites (N-methyl/N-ethyl adjacent to an activating group) is 1. The zero-order chi connectivity index (χ0) is 12.8. The summed E-state index contributed by atoms with van der Waals surface area (Å²) in [4.78, 5) is 6.40. The zero-order valence-electron chi connectivity index (χ0n) is 10.7. The van der Waals surface area contributed by atoms with Crippen LogP contribution in [0.1, 0.15) is 0 Å². The summed E-state index contributed by atoms with van der Waals surface area (Å²) in [5.74, 6) is 0.837. The van der Waals surface area contributed by atoms with E-state index in [0.29, 0.717) is 0 Å². The third kappa shape index (κ3) is 2.93. The molecule has 0 atom stereocenters. The number of methoxy groups -OCH3 is 1. The first-order valence-corrected chi connectivity index (χ1v) is 5.88. The standard InChI is InChI=1S/C11H18N6O/c1-16(6-3-12-5-8-18-2)10-11-15-14-9-17(11)7-4-13-10/h4,7,9,12H,3,5-6,8H2,1-2H3. The Morgan fingerprint density at radius 1 is 1.44 bits per heavy atom. The minimum atomic E-state index is 0.724. The summed E-state index contributed by atoms with van der Waals surface area (Å²) in [6.07, 6.45) is 5.26. The molecule has 2 aromatic rings. The van der Waals surface area contributed by atoms with Crippen molar-refractivity contribution in [2.45, 2.75) is 0 Å². The minimum absolute atomic E-state index is 0.724. The van der Waals surface area contributed by atoms with E-state index < -0.39 is 0 Å². The molecule has 0 spiro atoms. The van der Waals surface area contributed by atoms with E-state index in [9.17, 15) is 0 Å². The molecule has 0 fully saturated rings. The van der Waals surface area contributed by atoms with E-state index in [1.807, 2.05) is 17.6 Å². The summed E-state index contributed by atoms with van der Waals surface area (Å²) in [6, 6.07) is 0. The van der Waals surface area contributed by atoms with Gasteiger partial charge in [0, 0.05) is 46.2 Å². The molecule has 18 heavy (non-hydrogen) atoms. The molecule has 98 valence electrons. The summed E-state index contributed by atoms with van der Waals surface area (Å²) in [7, 11) is 3.69. The maximum absolute atomic E-state index is 4.97. The Morgan fingerprint density at radius 3 is 3.17 bits per heavy atom. The first-order valence-electron chi connectivity index (χ1n) is 5.88. The fraction of sp³-hybridized carbons (Fsp3) is 0.545. The summed E-state index contributed by atoms with van der Waals surface area (Å²) in [5.41, 5.74) is 0.775. The Hall–Kier alpha value is -1.73. The van der Waals surface area contributed by atoms with Gasteiger partial charge >= 0.3 is 0 Å². The van der Waals surface area contributed by atoms with Crippen LogP contribution < -0.4 is 10.2 Å². The highest BCUT2D eigenvalue weighted by atomic mass is 16.5. The van der Waals surface area contributed by atoms with E-state index in [-0.39, 0.29) is 0 Å². The van der Waals surface area contributed by atoms with Crippen molar-refractivity contribution in [1.29, 1.82) is 0 Å². The third-order valence-electron chi connectivity index (χ3n) is 2.67. The second-order valence-electron chi connectivity index (χ2n) is 3.98. The first kappa shape index (κ1) is 12.7. The molecule has 7 nitrogen and oxygen atoms in total. The second-order valence-corrected chi connectivity index (χ2v) is 3.98. The summed E-state index contributed by atoms with van der Waals surface area (Å²) in [6.45, 7) is 3.30. The van der Waals surface area contributed by atoms with Crippen molar-refractivity contribution in [3.8, 4) is 0 Å². The van der Waals surface area contributed by atoms with Crippen LogP contribution in [0, 0.1) is 0 Å². The average Bonchev–Trinajstić information content (AvgIpc) is 2.86. The topological polar surface area (TPSA) is 67.6 Å². The molecule has 7 heteroatoms. The van der Waals surface area contributed by atoms with E-state index in [2.05, 4.69) is 25.4 Å². The van der Waals surface area contributed by atoms with Gasteiger partial charge in [-0.3, -0.25) is 4.40 Å². The second kappa shape index (κ2) is 6.27. The van der Waals surface area contributed by atoms with Gasteiger partial charge in [0.1, 0.15) is 6.33 Å². The molecule has 0 unspecified atom stereocenters. The monoisotopic (exact) mass is 250 g/mol. The van der Waals surface area contributed by atoms with Crippen molar-refractivity contribution in [2.24, 2.45) is 0 Å². The number of ether oxygens (including phenoxy) is 1. The van der Waals surface area contributed by atoms with E-state index in [1.165, 1.54) is 0 Å². The molecule has 0 radical (unpaired) electrons. The van der Waals surface area contributed by atoms with Gasteiger partial charge in [-0.2, -0.15) is 0 Å². The van der Waals surface area contributed by atoms with E-state index in [1.54, 1.807) is 19.6 Å². The Labute approximate surface area is 106 Å². The molecule has 0 saturated heterocycles. The van der Waals surface area contributed by atoms with Crippen molar-refractivity contribution in [1.82, 2.24) is 24.9 Å². The van der Waals surface area contributed by atoms with Crippen LogP contribution in [-0.4, -0.2) is 60.0 Å². The van der Waals surface area contributed by atoms with Gasteiger partial charge in [0.05, 0.1) is 6.61 Å². The van der Waals surface area contributed by atoms with Crippen molar-refractivity contribution in [3.05, 3.63) is 18.7 Å². The molecular weight excluding hydrogens is 232 g/mol. The number of anilines is 1. The maximum Gasteiger partial charge on any atom is 0.203 e. The third-order valence-corrected chi connectivity index (χ3v) is 2.67. The van der Waals surface area contributed by atoms with Crippen LogP contribution in [-0.2, 0) is 4.74 Å². The van der Waals surface area contributed by atoms with Crippen LogP contribution >= 0.6 is 0 Å². The molecule has 0 saturated carbocycles. The predicted octanol–water partition coefficient (Wildman–Crippen LogP) is -0.203. The first-order chi connectivity index (χ1) is 8.83. The highest BCUT2D eigenvalue weighted by Crippen LogP contribution is 2.13. The lowest BCUT2D eigenvalue weighted by molar-refractivity contribution is 0.200. The maximum atomic E-state index is 4.97. The van der Waals surface area contributed by atoms with Gasteiger partial charge in [-0.1, -0.05) is 0 Å². The molecule has 2 aromatic heterocycles. The zero-order valence-corrected chi connectivity index (χ0v) is 10.7. The number of hydrogen-bond donors (Lipinski definition) is 1. The van der Waals surface area contributed by atoms with Crippen molar-refractivity contribution in [2.75, 3.05) is 45.3 Å². The number of fused-ring (bicyclic) bond motifs is 1. The van der Waals surface area contributed by atoms with Crippen molar-refractivity contribution in [3.63, 3.8) is 0 Å². The van der Waals surface area contributed by atoms with Crippen LogP contribution in [0.15, 0.2) is 18.7 Å². The van der Waals surface area contributed by atoms with Crippen LogP contribution in [0.5, 0.6) is 0 Å². The summed E-state index contributed by atoms with van der Waals surface area (Å²) < 4.78 is 6.83. The van der Waals surface area contributed by atoms with Crippen LogP contribution in [0.3, 0.4) is 0 Å². The molecule has 1 N–H and O–H groups in total. The molecular formula is C11H18N6O. The molecule has 2 heterocycles. The van der Waals surface area contributed by atoms with Crippen LogP contribution in [0.4, 0.5) is 5.82 Å². The van der Waals surface area contributed by atoms with Gasteiger partial charge in [0.15, 0.2) is 5.82 Å². The molecule has 0 amide bonds. The molecule has 0 aliphatic carbocycles. The SMILES string of the molecule is COCCNCCN(C)c1nccn2cnnc12. The molecule has 2 rings (SSSR count). The predicted molar refractivity (Wildman–Crippen MR) is 68.8 cm³/mol. The molecule has 0 aromatic carbocycles. The Kier molecular flexibility index (Phi) is 4.43. The van der Waals surface area contributed by atoms with Crippen LogP contribution in [0.2, 0.25) is 0 Å². The van der Waals surface area contributed by atoms with Gasteiger partial charge in [0.25, 0.3) is 0 Å². The molecule has 0 aliphatic rings. The van der Waals surface area contributed by atoms with Gasteiger partial charge in [-0.15, -0.1) is 10.2 Å². The van der Waals surface area contributed by atoms with E-state index in [0.717, 1.165) is 37.7 Å². The smallest absolute Gasteiger partial charge is 0.203 e. The number of nitrogens with zero attached hydrogens (tertiary/aromatic N) is 5. The van der Waals surface area contributed by atoms with Crippen molar-refractivity contribution < 1.29 is 4.74 Å². The van der Waals surface area contributed by atoms with Gasteiger partial charge in [0.2, 0.25) is 5.65 Å². The number of aromatic nitrogens is 4. The Balaban J connectivity index is 1.92. The quantitative estimate of drug-likeness (QED) is 0.686. The molecule has 0 bridgehead atoms. The number of nitrogens with one attached hydrogen (secondary N) is 1. The average molecular weight is 250 g/mol. The van der Waals surface area contributed by atoms with Gasteiger partial charge < -0.3 is 15.0 Å². The Bertz CT molecular complexity index is 485. The van der Waals surface area contributed by atoms with Gasteiger partial charge in [-0.05, 0) is 0 Å². The number of rotatable bonds is 7. The minimum Gasteiger partial charge on any atom is -0.383 e. The largest absolute Gasteiger partial charge is 0.383 e. The number of hydrogen-bond acceptors (Lipinski definition) is 6. The van der Waals surface area contributed by atoms with Crippen molar-refractivity contribution >= 4 is 11.5 Å². The van der Waals surface area contributed by atoms with E-state index in [4.69, 9.17) is 4.74 Å². The van der Waals surface area contributed by atoms with Crippen LogP contribution in [0.25, 0.3) is 5.65 Å². The fourth-order valence-corrected chi connectivity index (χ4v) is 1.67.